The zero-order chi connectivity index (χ0) is 20.1. The summed E-state index contributed by atoms with van der Waals surface area (Å²) in [5, 5.41) is 5.44. The molecule has 0 saturated carbocycles. The van der Waals surface area contributed by atoms with Crippen LogP contribution in [0.4, 0.5) is 10.5 Å². The van der Waals surface area contributed by atoms with Gasteiger partial charge in [-0.15, -0.1) is 11.3 Å². The molecule has 1 fully saturated rings. The van der Waals surface area contributed by atoms with Crippen LogP contribution in [0, 0.1) is 0 Å². The van der Waals surface area contributed by atoms with Gasteiger partial charge in [-0.2, -0.15) is 0 Å². The average molecular weight is 403 g/mol. The number of nitrogens with one attached hydrogen (secondary N) is 1. The second-order valence-corrected chi connectivity index (χ2v) is 7.95. The molecule has 28 heavy (non-hydrogen) atoms. The number of hydrogen-bond acceptors (Lipinski definition) is 5. The number of amides is 3. The van der Waals surface area contributed by atoms with E-state index in [9.17, 15) is 9.59 Å². The molecule has 1 aromatic heterocycles. The van der Waals surface area contributed by atoms with Crippen LogP contribution in [0.1, 0.15) is 42.2 Å². The molecule has 150 valence electrons. The van der Waals surface area contributed by atoms with E-state index in [-0.39, 0.29) is 18.0 Å². The zero-order valence-electron chi connectivity index (χ0n) is 16.5. The van der Waals surface area contributed by atoms with Crippen LogP contribution in [0.25, 0.3) is 0 Å². The first-order valence-electron chi connectivity index (χ1n) is 9.43. The lowest BCUT2D eigenvalue weighted by molar-refractivity contribution is 0.0787. The third kappa shape index (κ3) is 4.81. The minimum atomic E-state index is -0.206. The maximum absolute atomic E-state index is 12.7. The third-order valence-corrected chi connectivity index (χ3v) is 5.53. The molecule has 0 aliphatic carbocycles. The second kappa shape index (κ2) is 9.05. The van der Waals surface area contributed by atoms with Gasteiger partial charge in [0.05, 0.1) is 13.7 Å². The first-order chi connectivity index (χ1) is 13.5. The summed E-state index contributed by atoms with van der Waals surface area (Å²) < 4.78 is 5.14. The topological polar surface area (TPSA) is 74.8 Å². The number of ether oxygens (including phenoxy) is 1. The molecule has 1 aliphatic rings. The summed E-state index contributed by atoms with van der Waals surface area (Å²) in [5.41, 5.74) is 1.17. The Morgan fingerprint density at radius 3 is 2.54 bits per heavy atom. The number of urea groups is 1. The van der Waals surface area contributed by atoms with Crippen molar-refractivity contribution in [1.29, 1.82) is 0 Å². The van der Waals surface area contributed by atoms with Crippen LogP contribution in [0.3, 0.4) is 0 Å². The Morgan fingerprint density at radius 2 is 1.93 bits per heavy atom. The molecule has 2 aromatic rings. The summed E-state index contributed by atoms with van der Waals surface area (Å²) >= 11 is 1.41. The number of nitrogens with zero attached hydrogens (tertiary/aromatic N) is 3. The molecule has 3 amide bonds. The first kappa shape index (κ1) is 20.1. The lowest BCUT2D eigenvalue weighted by Crippen LogP contribution is -2.39. The Kier molecular flexibility index (Phi) is 6.51. The summed E-state index contributed by atoms with van der Waals surface area (Å²) in [6, 6.07) is 6.97. The quantitative estimate of drug-likeness (QED) is 0.797. The fourth-order valence-electron chi connectivity index (χ4n) is 3.07. The number of aromatic nitrogens is 1. The highest BCUT2D eigenvalue weighted by atomic mass is 32.1. The van der Waals surface area contributed by atoms with Gasteiger partial charge in [0, 0.05) is 30.2 Å². The van der Waals surface area contributed by atoms with Crippen LogP contribution >= 0.6 is 11.3 Å². The Hall–Kier alpha value is -2.61. The van der Waals surface area contributed by atoms with E-state index >= 15 is 0 Å². The molecule has 0 spiro atoms. The summed E-state index contributed by atoms with van der Waals surface area (Å²) in [6.45, 7) is 5.87. The lowest BCUT2D eigenvalue weighted by atomic mass is 10.3. The van der Waals surface area contributed by atoms with Crippen LogP contribution in [0.2, 0.25) is 0 Å². The molecule has 8 heteroatoms. The van der Waals surface area contributed by atoms with Crippen molar-refractivity contribution in [3.05, 3.63) is 40.3 Å². The minimum Gasteiger partial charge on any atom is -0.497 e. The normalized spacial score (nSPS) is 13.6. The van der Waals surface area contributed by atoms with Gasteiger partial charge in [-0.25, -0.2) is 9.78 Å². The summed E-state index contributed by atoms with van der Waals surface area (Å²) in [6.07, 6.45) is 2.10. The summed E-state index contributed by atoms with van der Waals surface area (Å²) in [4.78, 5) is 33.2. The van der Waals surface area contributed by atoms with E-state index in [1.807, 2.05) is 18.7 Å². The van der Waals surface area contributed by atoms with Crippen molar-refractivity contribution in [2.24, 2.45) is 0 Å². The number of benzene rings is 1. The molecule has 0 unspecified atom stereocenters. The van der Waals surface area contributed by atoms with E-state index in [4.69, 9.17) is 4.74 Å². The van der Waals surface area contributed by atoms with E-state index in [1.165, 1.54) is 11.3 Å². The predicted octanol–water partition coefficient (Wildman–Crippen LogP) is 3.83. The van der Waals surface area contributed by atoms with Gasteiger partial charge >= 0.3 is 6.03 Å². The number of rotatable bonds is 6. The number of thiazole rings is 1. The number of methoxy groups -OCH3 is 1. The molecule has 0 radical (unpaired) electrons. The van der Waals surface area contributed by atoms with Gasteiger partial charge in [0.2, 0.25) is 0 Å². The van der Waals surface area contributed by atoms with Crippen LogP contribution < -0.4 is 10.1 Å². The van der Waals surface area contributed by atoms with Crippen molar-refractivity contribution in [1.82, 2.24) is 14.8 Å². The predicted molar refractivity (Wildman–Crippen MR) is 110 cm³/mol. The van der Waals surface area contributed by atoms with Gasteiger partial charge in [0.1, 0.15) is 16.5 Å². The van der Waals surface area contributed by atoms with Crippen LogP contribution in [0.15, 0.2) is 29.6 Å². The molecule has 1 aliphatic heterocycles. The average Bonchev–Trinajstić information content (AvgIpc) is 3.38. The van der Waals surface area contributed by atoms with E-state index in [2.05, 4.69) is 10.3 Å². The summed E-state index contributed by atoms with van der Waals surface area (Å²) in [5.74, 6) is 0.718. The summed E-state index contributed by atoms with van der Waals surface area (Å²) in [7, 11) is 1.60. The lowest BCUT2D eigenvalue weighted by Gasteiger charge is -2.26. The number of likely N-dealkylation sites (tertiary alicyclic amines) is 1. The van der Waals surface area contributed by atoms with Crippen molar-refractivity contribution in [2.75, 3.05) is 25.5 Å². The monoisotopic (exact) mass is 402 g/mol. The molecule has 7 nitrogen and oxygen atoms in total. The largest absolute Gasteiger partial charge is 0.497 e. The SMILES string of the molecule is COc1ccc(NC(=O)N(Cc2nc(C(=O)N3CCCC3)cs2)C(C)C)cc1. The fourth-order valence-corrected chi connectivity index (χ4v) is 3.83. The zero-order valence-corrected chi connectivity index (χ0v) is 17.3. The molecule has 3 rings (SSSR count). The first-order valence-corrected chi connectivity index (χ1v) is 10.3. The Morgan fingerprint density at radius 1 is 1.25 bits per heavy atom. The molecule has 1 aromatic carbocycles. The molecule has 0 bridgehead atoms. The van der Waals surface area contributed by atoms with Crippen molar-refractivity contribution >= 4 is 29.0 Å². The van der Waals surface area contributed by atoms with Gasteiger partial charge in [-0.1, -0.05) is 0 Å². The number of hydrogen-bond donors (Lipinski definition) is 1. The molecular formula is C20H26N4O3S. The van der Waals surface area contributed by atoms with Gasteiger partial charge in [0.25, 0.3) is 5.91 Å². The Balaban J connectivity index is 1.65. The molecule has 1 saturated heterocycles. The minimum absolute atomic E-state index is 0.0140. The third-order valence-electron chi connectivity index (χ3n) is 4.70. The van der Waals surface area contributed by atoms with Crippen LogP contribution in [-0.2, 0) is 6.54 Å². The van der Waals surface area contributed by atoms with Crippen molar-refractivity contribution < 1.29 is 14.3 Å². The van der Waals surface area contributed by atoms with Crippen molar-refractivity contribution in [3.8, 4) is 5.75 Å². The standard InChI is InChI=1S/C20H26N4O3S/c1-14(2)24(20(26)21-15-6-8-16(27-3)9-7-15)12-18-22-17(13-28-18)19(25)23-10-4-5-11-23/h6-9,13-14H,4-5,10-12H2,1-3H3,(H,21,26). The highest BCUT2D eigenvalue weighted by molar-refractivity contribution is 7.09. The maximum Gasteiger partial charge on any atom is 0.322 e. The van der Waals surface area contributed by atoms with Gasteiger partial charge < -0.3 is 19.9 Å². The van der Waals surface area contributed by atoms with E-state index in [0.29, 0.717) is 17.9 Å². The second-order valence-electron chi connectivity index (χ2n) is 7.01. The van der Waals surface area contributed by atoms with E-state index in [1.54, 1.807) is 41.7 Å². The van der Waals surface area contributed by atoms with Gasteiger partial charge in [0.15, 0.2) is 0 Å². The highest BCUT2D eigenvalue weighted by Crippen LogP contribution is 2.20. The molecule has 1 N–H and O–H groups in total. The van der Waals surface area contributed by atoms with E-state index < -0.39 is 0 Å². The smallest absolute Gasteiger partial charge is 0.322 e. The number of anilines is 1. The highest BCUT2D eigenvalue weighted by Gasteiger charge is 2.23. The molecular weight excluding hydrogens is 376 g/mol. The number of carbonyl (C=O) groups is 2. The van der Waals surface area contributed by atoms with Crippen LogP contribution in [-0.4, -0.2) is 53.0 Å². The van der Waals surface area contributed by atoms with Crippen molar-refractivity contribution in [2.45, 2.75) is 39.3 Å². The van der Waals surface area contributed by atoms with E-state index in [0.717, 1.165) is 36.7 Å². The van der Waals surface area contributed by atoms with Gasteiger partial charge in [-0.3, -0.25) is 4.79 Å². The number of carbonyl (C=O) groups excluding carboxylic acids is 2. The molecule has 0 atom stereocenters. The Labute approximate surface area is 169 Å². The molecule has 2 heterocycles. The van der Waals surface area contributed by atoms with Crippen LogP contribution in [0.5, 0.6) is 5.75 Å². The van der Waals surface area contributed by atoms with Crippen molar-refractivity contribution in [3.63, 3.8) is 0 Å². The Bertz CT molecular complexity index is 813. The van der Waals surface area contributed by atoms with Gasteiger partial charge in [-0.05, 0) is 51.0 Å². The maximum atomic E-state index is 12.7. The fraction of sp³-hybridized carbons (Fsp3) is 0.450.